The summed E-state index contributed by atoms with van der Waals surface area (Å²) in [6.07, 6.45) is 3.91. The average molecular weight is 438 g/mol. The molecule has 5 heteroatoms. The van der Waals surface area contributed by atoms with Gasteiger partial charge >= 0.3 is 0 Å². The number of amides is 1. The largest absolute Gasteiger partial charge is 0.344 e. The summed E-state index contributed by atoms with van der Waals surface area (Å²) in [5, 5.41) is 1.42. The highest BCUT2D eigenvalue weighted by atomic mass is 35.5. The van der Waals surface area contributed by atoms with Crippen LogP contribution in [0.3, 0.4) is 0 Å². The van der Waals surface area contributed by atoms with Gasteiger partial charge in [-0.15, -0.1) is 12.4 Å². The third kappa shape index (κ3) is 4.51. The molecule has 5 rings (SSSR count). The highest BCUT2D eigenvalue weighted by molar-refractivity contribution is 5.86. The lowest BCUT2D eigenvalue weighted by Gasteiger charge is -2.30. The fourth-order valence-corrected chi connectivity index (χ4v) is 5.15. The van der Waals surface area contributed by atoms with Gasteiger partial charge in [-0.2, -0.15) is 0 Å². The topological polar surface area (TPSA) is 28.5 Å². The van der Waals surface area contributed by atoms with Gasteiger partial charge in [0.25, 0.3) is 0 Å². The van der Waals surface area contributed by atoms with Crippen molar-refractivity contribution >= 4 is 29.2 Å². The molecule has 0 radical (unpaired) electrons. The number of carbonyl (C=O) groups excluding carboxylic acids is 1. The first-order chi connectivity index (χ1) is 14.7. The summed E-state index contributed by atoms with van der Waals surface area (Å²) in [5.74, 6) is 0.334. The van der Waals surface area contributed by atoms with Crippen LogP contribution in [0.15, 0.2) is 48.5 Å². The number of nitrogens with zero attached hydrogens (tertiary/aromatic N) is 3. The van der Waals surface area contributed by atoms with Gasteiger partial charge < -0.3 is 9.47 Å². The number of halogens is 1. The Labute approximate surface area is 191 Å². The first-order valence-corrected chi connectivity index (χ1v) is 11.3. The van der Waals surface area contributed by atoms with Crippen LogP contribution in [0, 0.1) is 6.92 Å². The number of aryl methyl sites for hydroxylation is 3. The molecule has 3 heterocycles. The van der Waals surface area contributed by atoms with Gasteiger partial charge in [-0.3, -0.25) is 9.69 Å². The van der Waals surface area contributed by atoms with E-state index >= 15 is 0 Å². The zero-order valence-electron chi connectivity index (χ0n) is 18.3. The number of benzene rings is 2. The molecule has 0 unspecified atom stereocenters. The minimum absolute atomic E-state index is 0. The van der Waals surface area contributed by atoms with Crippen LogP contribution < -0.4 is 0 Å². The number of fused-ring (bicyclic) bond motifs is 3. The second-order valence-corrected chi connectivity index (χ2v) is 8.84. The normalized spacial score (nSPS) is 16.5. The molecule has 0 atom stereocenters. The Hall–Kier alpha value is -2.30. The van der Waals surface area contributed by atoms with E-state index in [0.29, 0.717) is 5.91 Å². The number of hydrogen-bond donors (Lipinski definition) is 0. The minimum atomic E-state index is 0. The first kappa shape index (κ1) is 21.9. The van der Waals surface area contributed by atoms with E-state index in [-0.39, 0.29) is 12.4 Å². The molecule has 1 fully saturated rings. The second kappa shape index (κ2) is 9.46. The quantitative estimate of drug-likeness (QED) is 0.564. The van der Waals surface area contributed by atoms with Gasteiger partial charge in [0, 0.05) is 68.7 Å². The van der Waals surface area contributed by atoms with Gasteiger partial charge in [0.2, 0.25) is 5.91 Å². The molecule has 2 aliphatic heterocycles. The lowest BCUT2D eigenvalue weighted by atomic mass is 10.0. The molecule has 0 bridgehead atoms. The van der Waals surface area contributed by atoms with Crippen molar-refractivity contribution in [2.75, 3.05) is 26.2 Å². The fraction of sp³-hybridized carbons (Fsp3) is 0.423. The van der Waals surface area contributed by atoms with E-state index in [0.717, 1.165) is 65.0 Å². The zero-order valence-corrected chi connectivity index (χ0v) is 19.2. The van der Waals surface area contributed by atoms with E-state index in [9.17, 15) is 4.79 Å². The van der Waals surface area contributed by atoms with Crippen LogP contribution in [0.1, 0.15) is 35.2 Å². The predicted molar refractivity (Wildman–Crippen MR) is 129 cm³/mol. The molecule has 1 amide bonds. The van der Waals surface area contributed by atoms with Crippen LogP contribution in [0.5, 0.6) is 0 Å². The van der Waals surface area contributed by atoms with Crippen molar-refractivity contribution in [2.24, 2.45) is 0 Å². The molecule has 3 aromatic rings. The highest BCUT2D eigenvalue weighted by Crippen LogP contribution is 2.32. The number of rotatable bonds is 6. The summed E-state index contributed by atoms with van der Waals surface area (Å²) in [6, 6.07) is 17.7. The molecule has 164 valence electrons. The van der Waals surface area contributed by atoms with Crippen molar-refractivity contribution in [1.82, 2.24) is 14.4 Å². The van der Waals surface area contributed by atoms with Gasteiger partial charge in [-0.25, -0.2) is 0 Å². The minimum Gasteiger partial charge on any atom is -0.344 e. The molecule has 0 N–H and O–H groups in total. The van der Waals surface area contributed by atoms with Crippen molar-refractivity contribution in [1.29, 1.82) is 0 Å². The molecule has 2 aromatic carbocycles. The number of hydrogen-bond acceptors (Lipinski definition) is 2. The summed E-state index contributed by atoms with van der Waals surface area (Å²) < 4.78 is 2.57. The maximum Gasteiger partial charge on any atom is 0.222 e. The summed E-state index contributed by atoms with van der Waals surface area (Å²) in [5.41, 5.74) is 7.11. The smallest absolute Gasteiger partial charge is 0.222 e. The third-order valence-electron chi connectivity index (χ3n) is 6.81. The Bertz CT molecular complexity index is 1060. The molecule has 0 aliphatic carbocycles. The molecule has 2 aliphatic rings. The lowest BCUT2D eigenvalue weighted by Crippen LogP contribution is -2.38. The number of likely N-dealkylation sites (tertiary alicyclic amines) is 1. The summed E-state index contributed by atoms with van der Waals surface area (Å²) in [4.78, 5) is 16.5. The Morgan fingerprint density at radius 2 is 1.77 bits per heavy atom. The molecule has 0 saturated carbocycles. The molecular weight excluding hydrogens is 406 g/mol. The SMILES string of the molecule is Cc1ccc2c(c1)c1c(n2CCc2ccccc2)CCN(CCN2CCCC2=O)C1.Cl. The maximum atomic E-state index is 12.0. The molecular formula is C26H32ClN3O. The Morgan fingerprint density at radius 1 is 0.935 bits per heavy atom. The monoisotopic (exact) mass is 437 g/mol. The van der Waals surface area contributed by atoms with E-state index < -0.39 is 0 Å². The van der Waals surface area contributed by atoms with Crippen LogP contribution in [-0.2, 0) is 30.7 Å². The van der Waals surface area contributed by atoms with Gasteiger partial charge in [-0.05, 0) is 43.0 Å². The van der Waals surface area contributed by atoms with Crippen LogP contribution in [0.4, 0.5) is 0 Å². The Morgan fingerprint density at radius 3 is 2.55 bits per heavy atom. The Kier molecular flexibility index (Phi) is 6.68. The van der Waals surface area contributed by atoms with Crippen molar-refractivity contribution in [3.8, 4) is 0 Å². The first-order valence-electron chi connectivity index (χ1n) is 11.3. The van der Waals surface area contributed by atoms with Crippen molar-refractivity contribution in [3.63, 3.8) is 0 Å². The van der Waals surface area contributed by atoms with Crippen molar-refractivity contribution in [3.05, 3.63) is 70.9 Å². The van der Waals surface area contributed by atoms with Crippen LogP contribution in [0.2, 0.25) is 0 Å². The van der Waals surface area contributed by atoms with E-state index in [1.165, 1.54) is 33.3 Å². The summed E-state index contributed by atoms with van der Waals surface area (Å²) >= 11 is 0. The standard InChI is InChI=1S/C26H31N3O.ClH/c1-20-9-10-24-22(18-20)23-19-27(16-17-28-13-5-8-26(28)30)14-12-25(23)29(24)15-11-21-6-3-2-4-7-21;/h2-4,6-7,9-10,18H,5,8,11-17,19H2,1H3;1H. The van der Waals surface area contributed by atoms with Crippen molar-refractivity contribution < 1.29 is 4.79 Å². The highest BCUT2D eigenvalue weighted by Gasteiger charge is 2.26. The van der Waals surface area contributed by atoms with Crippen LogP contribution >= 0.6 is 12.4 Å². The second-order valence-electron chi connectivity index (χ2n) is 8.84. The van der Waals surface area contributed by atoms with E-state index in [2.05, 4.69) is 64.9 Å². The summed E-state index contributed by atoms with van der Waals surface area (Å²) in [7, 11) is 0. The van der Waals surface area contributed by atoms with Gasteiger partial charge in [0.05, 0.1) is 0 Å². The third-order valence-corrected chi connectivity index (χ3v) is 6.81. The zero-order chi connectivity index (χ0) is 20.5. The Balaban J connectivity index is 0.00000231. The van der Waals surface area contributed by atoms with Crippen LogP contribution in [-0.4, -0.2) is 46.5 Å². The molecule has 0 spiro atoms. The van der Waals surface area contributed by atoms with E-state index in [1.807, 2.05) is 4.90 Å². The summed E-state index contributed by atoms with van der Waals surface area (Å²) in [6.45, 7) is 8.09. The van der Waals surface area contributed by atoms with Gasteiger partial charge in [0.1, 0.15) is 0 Å². The molecule has 1 saturated heterocycles. The van der Waals surface area contributed by atoms with Gasteiger partial charge in [-0.1, -0.05) is 42.0 Å². The molecule has 4 nitrogen and oxygen atoms in total. The van der Waals surface area contributed by atoms with Crippen molar-refractivity contribution in [2.45, 2.75) is 45.7 Å². The number of carbonyl (C=O) groups is 1. The van der Waals surface area contributed by atoms with Gasteiger partial charge in [0.15, 0.2) is 0 Å². The van der Waals surface area contributed by atoms with Crippen LogP contribution in [0.25, 0.3) is 10.9 Å². The lowest BCUT2D eigenvalue weighted by molar-refractivity contribution is -0.127. The molecule has 31 heavy (non-hydrogen) atoms. The predicted octanol–water partition coefficient (Wildman–Crippen LogP) is 4.59. The van der Waals surface area contributed by atoms with E-state index in [4.69, 9.17) is 0 Å². The average Bonchev–Trinajstić information content (AvgIpc) is 3.31. The molecule has 1 aromatic heterocycles. The fourth-order valence-electron chi connectivity index (χ4n) is 5.15. The number of aromatic nitrogens is 1. The maximum absolute atomic E-state index is 12.0. The van der Waals surface area contributed by atoms with E-state index in [1.54, 1.807) is 0 Å².